The number of halogens is 2. The van der Waals surface area contributed by atoms with Gasteiger partial charge in [0.25, 0.3) is 0 Å². The molecule has 0 fully saturated rings. The molecule has 0 aliphatic rings. The van der Waals surface area contributed by atoms with Crippen LogP contribution < -0.4 is 5.73 Å². The molecule has 5 heteroatoms. The molecule has 0 unspecified atom stereocenters. The number of nitrogens with two attached hydrogens (primary N) is 1. The maximum absolute atomic E-state index is 13.6. The van der Waals surface area contributed by atoms with Crippen molar-refractivity contribution < 1.29 is 8.78 Å². The van der Waals surface area contributed by atoms with Crippen LogP contribution in [-0.4, -0.2) is 9.97 Å². The van der Waals surface area contributed by atoms with Crippen molar-refractivity contribution in [1.29, 1.82) is 0 Å². The van der Waals surface area contributed by atoms with Gasteiger partial charge in [0.2, 0.25) is 0 Å². The molecule has 0 radical (unpaired) electrons. The number of hydrogen-bond donors (Lipinski definition) is 2. The molecule has 0 bridgehead atoms. The first-order valence-electron chi connectivity index (χ1n) is 6.28. The average Bonchev–Trinajstić information content (AvgIpc) is 2.82. The van der Waals surface area contributed by atoms with Gasteiger partial charge in [-0.3, -0.25) is 0 Å². The Hall–Kier alpha value is -2.27. The summed E-state index contributed by atoms with van der Waals surface area (Å²) in [5, 5.41) is 0. The largest absolute Gasteiger partial charge is 0.342 e. The van der Waals surface area contributed by atoms with E-state index in [9.17, 15) is 8.78 Å². The van der Waals surface area contributed by atoms with Gasteiger partial charge in [-0.05, 0) is 17.2 Å². The van der Waals surface area contributed by atoms with Crippen molar-refractivity contribution in [2.75, 3.05) is 0 Å². The van der Waals surface area contributed by atoms with Gasteiger partial charge in [-0.1, -0.05) is 24.3 Å². The Labute approximate surface area is 114 Å². The molecule has 3 aromatic rings. The molecular weight excluding hydrogens is 260 g/mol. The van der Waals surface area contributed by atoms with E-state index in [-0.39, 0.29) is 5.52 Å². The Morgan fingerprint density at radius 1 is 1.10 bits per heavy atom. The number of rotatable bonds is 3. The first kappa shape index (κ1) is 12.7. The first-order valence-corrected chi connectivity index (χ1v) is 6.28. The minimum absolute atomic E-state index is 0.159. The molecule has 0 aliphatic carbocycles. The lowest BCUT2D eigenvalue weighted by Crippen LogP contribution is -2.02. The van der Waals surface area contributed by atoms with Crippen molar-refractivity contribution in [1.82, 2.24) is 9.97 Å². The number of aromatic nitrogens is 2. The highest BCUT2D eigenvalue weighted by molar-refractivity contribution is 5.75. The van der Waals surface area contributed by atoms with Crippen molar-refractivity contribution in [2.24, 2.45) is 5.73 Å². The van der Waals surface area contributed by atoms with E-state index < -0.39 is 11.6 Å². The Morgan fingerprint density at radius 3 is 2.60 bits per heavy atom. The third-order valence-electron chi connectivity index (χ3n) is 3.25. The second kappa shape index (κ2) is 5.02. The van der Waals surface area contributed by atoms with E-state index in [0.29, 0.717) is 24.3 Å². The monoisotopic (exact) mass is 273 g/mol. The predicted octanol–water partition coefficient (Wildman–Crippen LogP) is 2.89. The van der Waals surface area contributed by atoms with Crippen LogP contribution >= 0.6 is 0 Å². The fourth-order valence-electron chi connectivity index (χ4n) is 2.29. The van der Waals surface area contributed by atoms with Crippen molar-refractivity contribution in [3.8, 4) is 0 Å². The number of benzene rings is 2. The van der Waals surface area contributed by atoms with E-state index >= 15 is 0 Å². The number of imidazole rings is 1. The minimum Gasteiger partial charge on any atom is -0.342 e. The van der Waals surface area contributed by atoms with E-state index in [1.807, 2.05) is 24.3 Å². The molecule has 1 aromatic heterocycles. The summed E-state index contributed by atoms with van der Waals surface area (Å²) >= 11 is 0. The summed E-state index contributed by atoms with van der Waals surface area (Å²) < 4.78 is 26.8. The van der Waals surface area contributed by atoms with Crippen LogP contribution in [0.2, 0.25) is 0 Å². The van der Waals surface area contributed by atoms with Crippen LogP contribution in [0.15, 0.2) is 36.4 Å². The standard InChI is InChI=1S/C15H13F2N3/c16-11-6-12(17)15-13(7-11)19-14(20-15)5-9-3-1-2-4-10(9)8-18/h1-4,6-7H,5,8,18H2,(H,19,20). The van der Waals surface area contributed by atoms with Crippen LogP contribution in [-0.2, 0) is 13.0 Å². The zero-order chi connectivity index (χ0) is 14.1. The van der Waals surface area contributed by atoms with Gasteiger partial charge in [0.15, 0.2) is 5.82 Å². The first-order chi connectivity index (χ1) is 9.67. The molecule has 0 saturated carbocycles. The summed E-state index contributed by atoms with van der Waals surface area (Å²) in [6.07, 6.45) is 0.503. The smallest absolute Gasteiger partial charge is 0.153 e. The fraction of sp³-hybridized carbons (Fsp3) is 0.133. The lowest BCUT2D eigenvalue weighted by molar-refractivity contribution is 0.590. The summed E-state index contributed by atoms with van der Waals surface area (Å²) in [5.41, 5.74) is 8.24. The third kappa shape index (κ3) is 2.28. The number of nitrogens with zero attached hydrogens (tertiary/aromatic N) is 1. The van der Waals surface area contributed by atoms with Gasteiger partial charge in [0.05, 0.1) is 5.52 Å². The van der Waals surface area contributed by atoms with Crippen molar-refractivity contribution >= 4 is 11.0 Å². The molecule has 0 spiro atoms. The van der Waals surface area contributed by atoms with Crippen LogP contribution in [0, 0.1) is 11.6 Å². The van der Waals surface area contributed by atoms with E-state index in [1.54, 1.807) is 0 Å². The Morgan fingerprint density at radius 2 is 1.85 bits per heavy atom. The predicted molar refractivity (Wildman–Crippen MR) is 73.1 cm³/mol. The number of fused-ring (bicyclic) bond motifs is 1. The quantitative estimate of drug-likeness (QED) is 0.771. The van der Waals surface area contributed by atoms with E-state index in [1.165, 1.54) is 6.07 Å². The van der Waals surface area contributed by atoms with Crippen molar-refractivity contribution in [3.63, 3.8) is 0 Å². The number of hydrogen-bond acceptors (Lipinski definition) is 2. The highest BCUT2D eigenvalue weighted by Crippen LogP contribution is 2.19. The lowest BCUT2D eigenvalue weighted by Gasteiger charge is -2.05. The molecule has 102 valence electrons. The molecule has 0 aliphatic heterocycles. The van der Waals surface area contributed by atoms with Gasteiger partial charge in [-0.15, -0.1) is 0 Å². The summed E-state index contributed by atoms with van der Waals surface area (Å²) in [6, 6.07) is 9.80. The fourth-order valence-corrected chi connectivity index (χ4v) is 2.29. The van der Waals surface area contributed by atoms with Crippen LogP contribution in [0.25, 0.3) is 11.0 Å². The van der Waals surface area contributed by atoms with Gasteiger partial charge >= 0.3 is 0 Å². The van der Waals surface area contributed by atoms with Crippen molar-refractivity contribution in [3.05, 3.63) is 65.0 Å². The molecule has 2 aromatic carbocycles. The van der Waals surface area contributed by atoms with E-state index in [0.717, 1.165) is 17.2 Å². The lowest BCUT2D eigenvalue weighted by atomic mass is 10.0. The van der Waals surface area contributed by atoms with Crippen molar-refractivity contribution in [2.45, 2.75) is 13.0 Å². The Bertz CT molecular complexity index is 765. The second-order valence-electron chi connectivity index (χ2n) is 4.62. The summed E-state index contributed by atoms with van der Waals surface area (Å²) in [7, 11) is 0. The van der Waals surface area contributed by atoms with Gasteiger partial charge in [0.1, 0.15) is 17.2 Å². The maximum Gasteiger partial charge on any atom is 0.153 e. The van der Waals surface area contributed by atoms with Gasteiger partial charge in [0, 0.05) is 19.0 Å². The number of nitrogens with one attached hydrogen (secondary N) is 1. The number of aromatic amines is 1. The molecule has 20 heavy (non-hydrogen) atoms. The Balaban J connectivity index is 2.01. The third-order valence-corrected chi connectivity index (χ3v) is 3.25. The van der Waals surface area contributed by atoms with Gasteiger partial charge in [-0.25, -0.2) is 13.8 Å². The maximum atomic E-state index is 13.6. The van der Waals surface area contributed by atoms with E-state index in [4.69, 9.17) is 5.73 Å². The molecule has 3 rings (SSSR count). The number of H-pyrrole nitrogens is 1. The Kier molecular flexibility index (Phi) is 3.20. The minimum atomic E-state index is -0.658. The van der Waals surface area contributed by atoms with Gasteiger partial charge < -0.3 is 10.7 Å². The molecule has 0 saturated heterocycles. The van der Waals surface area contributed by atoms with Crippen LogP contribution in [0.3, 0.4) is 0 Å². The highest BCUT2D eigenvalue weighted by atomic mass is 19.1. The zero-order valence-corrected chi connectivity index (χ0v) is 10.7. The summed E-state index contributed by atoms with van der Waals surface area (Å²) in [5.74, 6) is -0.687. The SMILES string of the molecule is NCc1ccccc1Cc1nc2c(F)cc(F)cc2[nH]1. The molecule has 0 atom stereocenters. The molecular formula is C15H13F2N3. The zero-order valence-electron chi connectivity index (χ0n) is 10.7. The van der Waals surface area contributed by atoms with Crippen LogP contribution in [0.1, 0.15) is 17.0 Å². The summed E-state index contributed by atoms with van der Waals surface area (Å²) in [4.78, 5) is 7.13. The van der Waals surface area contributed by atoms with E-state index in [2.05, 4.69) is 9.97 Å². The van der Waals surface area contributed by atoms with Gasteiger partial charge in [-0.2, -0.15) is 0 Å². The molecule has 3 N–H and O–H groups in total. The van der Waals surface area contributed by atoms with Crippen LogP contribution in [0.4, 0.5) is 8.78 Å². The average molecular weight is 273 g/mol. The highest BCUT2D eigenvalue weighted by Gasteiger charge is 2.11. The molecule has 3 nitrogen and oxygen atoms in total. The molecule has 1 heterocycles. The summed E-state index contributed by atoms with van der Waals surface area (Å²) in [6.45, 7) is 0.430. The van der Waals surface area contributed by atoms with Crippen LogP contribution in [0.5, 0.6) is 0 Å². The second-order valence-corrected chi connectivity index (χ2v) is 4.62. The normalized spacial score (nSPS) is 11.2. The molecule has 0 amide bonds. The topological polar surface area (TPSA) is 54.7 Å².